The van der Waals surface area contributed by atoms with Crippen LogP contribution in [0.5, 0.6) is 0 Å². The number of hydrogen-bond donors (Lipinski definition) is 1. The second-order valence-corrected chi connectivity index (χ2v) is 8.83. The Labute approximate surface area is 125 Å². The molecule has 1 heterocycles. The van der Waals surface area contributed by atoms with Crippen LogP contribution < -0.4 is 10.6 Å². The molecule has 20 heavy (non-hydrogen) atoms. The van der Waals surface area contributed by atoms with Crippen LogP contribution in [0.25, 0.3) is 0 Å². The lowest BCUT2D eigenvalue weighted by Crippen LogP contribution is -2.37. The van der Waals surface area contributed by atoms with Crippen molar-refractivity contribution in [3.63, 3.8) is 0 Å². The number of benzene rings is 1. The Morgan fingerprint density at radius 2 is 2.10 bits per heavy atom. The average Bonchev–Trinajstić information content (AvgIpc) is 2.38. The first-order valence-electron chi connectivity index (χ1n) is 6.51. The molecule has 112 valence electrons. The van der Waals surface area contributed by atoms with Crippen molar-refractivity contribution in [1.82, 2.24) is 4.31 Å². The third kappa shape index (κ3) is 3.05. The summed E-state index contributed by atoms with van der Waals surface area (Å²) in [7, 11) is -0.357. The smallest absolute Gasteiger partial charge is 0.242 e. The number of sulfonamides is 1. The summed E-state index contributed by atoms with van der Waals surface area (Å²) in [6.07, 6.45) is 0. The van der Waals surface area contributed by atoms with Crippen LogP contribution in [-0.2, 0) is 10.0 Å². The van der Waals surface area contributed by atoms with Gasteiger partial charge in [-0.05, 0) is 18.2 Å². The second kappa shape index (κ2) is 5.83. The fourth-order valence-electron chi connectivity index (χ4n) is 2.21. The van der Waals surface area contributed by atoms with Crippen molar-refractivity contribution in [2.75, 3.05) is 43.6 Å². The predicted octanol–water partition coefficient (Wildman–Crippen LogP) is 1.46. The summed E-state index contributed by atoms with van der Waals surface area (Å²) >= 11 is 1.93. The largest absolute Gasteiger partial charge is 0.397 e. The normalized spacial score (nSPS) is 20.4. The van der Waals surface area contributed by atoms with Gasteiger partial charge in [-0.25, -0.2) is 12.7 Å². The molecule has 0 aliphatic carbocycles. The van der Waals surface area contributed by atoms with Gasteiger partial charge in [0.2, 0.25) is 10.0 Å². The lowest BCUT2D eigenvalue weighted by atomic mass is 10.2. The second-order valence-electron chi connectivity index (χ2n) is 5.14. The molecular formula is C13H21N3O2S2. The fraction of sp³-hybridized carbons (Fsp3) is 0.538. The molecule has 2 N–H and O–H groups in total. The monoisotopic (exact) mass is 315 g/mol. The molecule has 7 heteroatoms. The van der Waals surface area contributed by atoms with E-state index in [-0.39, 0.29) is 4.90 Å². The Kier molecular flexibility index (Phi) is 4.51. The Balaban J connectivity index is 2.39. The topological polar surface area (TPSA) is 66.6 Å². The summed E-state index contributed by atoms with van der Waals surface area (Å²) < 4.78 is 25.6. The van der Waals surface area contributed by atoms with Gasteiger partial charge < -0.3 is 10.6 Å². The molecule has 1 aromatic carbocycles. The van der Waals surface area contributed by atoms with E-state index in [9.17, 15) is 8.42 Å². The van der Waals surface area contributed by atoms with E-state index in [0.29, 0.717) is 10.9 Å². The maximum atomic E-state index is 12.2. The van der Waals surface area contributed by atoms with Gasteiger partial charge in [0.05, 0.1) is 16.3 Å². The molecule has 5 nitrogen and oxygen atoms in total. The zero-order valence-corrected chi connectivity index (χ0v) is 13.7. The van der Waals surface area contributed by atoms with Crippen LogP contribution in [-0.4, -0.2) is 50.9 Å². The van der Waals surface area contributed by atoms with Gasteiger partial charge >= 0.3 is 0 Å². The summed E-state index contributed by atoms with van der Waals surface area (Å²) in [4.78, 5) is 2.46. The van der Waals surface area contributed by atoms with E-state index in [1.165, 1.54) is 18.4 Å². The van der Waals surface area contributed by atoms with Gasteiger partial charge in [-0.15, -0.1) is 0 Å². The Bertz CT molecular complexity index is 587. The lowest BCUT2D eigenvalue weighted by Gasteiger charge is -2.33. The molecule has 0 saturated carbocycles. The first-order valence-corrected chi connectivity index (χ1v) is 9.00. The lowest BCUT2D eigenvalue weighted by molar-refractivity contribution is 0.520. The Morgan fingerprint density at radius 3 is 2.70 bits per heavy atom. The third-order valence-electron chi connectivity index (χ3n) is 3.36. The highest BCUT2D eigenvalue weighted by Crippen LogP contribution is 2.31. The quantitative estimate of drug-likeness (QED) is 0.856. The van der Waals surface area contributed by atoms with Crippen molar-refractivity contribution in [1.29, 1.82) is 0 Å². The van der Waals surface area contributed by atoms with Gasteiger partial charge in [0.15, 0.2) is 0 Å². The molecule has 2 rings (SSSR count). The highest BCUT2D eigenvalue weighted by atomic mass is 32.2. The van der Waals surface area contributed by atoms with E-state index < -0.39 is 10.0 Å². The van der Waals surface area contributed by atoms with Crippen LogP contribution in [0, 0.1) is 0 Å². The number of thioether (sulfide) groups is 1. The molecule has 0 amide bonds. The zero-order chi connectivity index (χ0) is 14.9. The van der Waals surface area contributed by atoms with Crippen molar-refractivity contribution < 1.29 is 8.42 Å². The van der Waals surface area contributed by atoms with Gasteiger partial charge in [-0.2, -0.15) is 11.8 Å². The number of nitrogens with two attached hydrogens (primary N) is 1. The van der Waals surface area contributed by atoms with E-state index in [2.05, 4.69) is 11.8 Å². The predicted molar refractivity (Wildman–Crippen MR) is 85.9 cm³/mol. The number of rotatable bonds is 3. The van der Waals surface area contributed by atoms with E-state index in [4.69, 9.17) is 5.73 Å². The molecule has 1 aromatic rings. The Morgan fingerprint density at radius 1 is 1.40 bits per heavy atom. The highest BCUT2D eigenvalue weighted by molar-refractivity contribution is 8.00. The first kappa shape index (κ1) is 15.5. The minimum absolute atomic E-state index is 0.289. The minimum atomic E-state index is -3.42. The van der Waals surface area contributed by atoms with Crippen molar-refractivity contribution >= 4 is 33.2 Å². The molecule has 1 aliphatic rings. The molecule has 1 saturated heterocycles. The van der Waals surface area contributed by atoms with E-state index in [1.807, 2.05) is 11.8 Å². The summed E-state index contributed by atoms with van der Waals surface area (Å²) in [6.45, 7) is 3.96. The third-order valence-corrected chi connectivity index (χ3v) is 6.31. The van der Waals surface area contributed by atoms with Crippen LogP contribution in [0.15, 0.2) is 23.1 Å². The van der Waals surface area contributed by atoms with E-state index in [1.54, 1.807) is 18.2 Å². The maximum absolute atomic E-state index is 12.2. The van der Waals surface area contributed by atoms with Gasteiger partial charge in [0.25, 0.3) is 0 Å². The van der Waals surface area contributed by atoms with Crippen LogP contribution in [0.1, 0.15) is 6.92 Å². The summed E-state index contributed by atoms with van der Waals surface area (Å²) in [5, 5.41) is 0.525. The van der Waals surface area contributed by atoms with E-state index in [0.717, 1.165) is 24.5 Å². The van der Waals surface area contributed by atoms with E-state index >= 15 is 0 Å². The minimum Gasteiger partial charge on any atom is -0.397 e. The van der Waals surface area contributed by atoms with Gasteiger partial charge in [0, 0.05) is 38.2 Å². The number of hydrogen-bond acceptors (Lipinski definition) is 5. The molecule has 0 bridgehead atoms. The summed E-state index contributed by atoms with van der Waals surface area (Å²) in [6, 6.07) is 4.93. The van der Waals surface area contributed by atoms with Gasteiger partial charge in [-0.1, -0.05) is 6.92 Å². The summed E-state index contributed by atoms with van der Waals surface area (Å²) in [5.41, 5.74) is 7.47. The molecule has 0 radical (unpaired) electrons. The fourth-order valence-corrected chi connectivity index (χ4v) is 4.14. The zero-order valence-electron chi connectivity index (χ0n) is 12.0. The van der Waals surface area contributed by atoms with Crippen molar-refractivity contribution in [3.05, 3.63) is 18.2 Å². The summed E-state index contributed by atoms with van der Waals surface area (Å²) in [5.74, 6) is 1.03. The standard InChI is InChI=1S/C13H21N3O2S2/c1-10-9-16(6-7-19-10)13-8-11(4-5-12(13)14)20(17,18)15(2)3/h4-5,8,10H,6-7,9,14H2,1-3H3. The molecule has 1 unspecified atom stereocenters. The number of nitrogen functional groups attached to an aromatic ring is 1. The van der Waals surface area contributed by atoms with Gasteiger partial charge in [-0.3, -0.25) is 0 Å². The van der Waals surface area contributed by atoms with Crippen LogP contribution >= 0.6 is 11.8 Å². The number of anilines is 2. The van der Waals surface area contributed by atoms with Crippen molar-refractivity contribution in [2.45, 2.75) is 17.1 Å². The molecule has 1 aliphatic heterocycles. The highest BCUT2D eigenvalue weighted by Gasteiger charge is 2.22. The first-order chi connectivity index (χ1) is 9.32. The Hall–Kier alpha value is -0.920. The molecule has 0 spiro atoms. The average molecular weight is 315 g/mol. The maximum Gasteiger partial charge on any atom is 0.242 e. The van der Waals surface area contributed by atoms with Crippen molar-refractivity contribution in [3.8, 4) is 0 Å². The molecule has 0 aromatic heterocycles. The van der Waals surface area contributed by atoms with Crippen LogP contribution in [0.3, 0.4) is 0 Å². The molecule has 1 atom stereocenters. The van der Waals surface area contributed by atoms with Gasteiger partial charge in [0.1, 0.15) is 0 Å². The number of nitrogens with zero attached hydrogens (tertiary/aromatic N) is 2. The van der Waals surface area contributed by atoms with Crippen molar-refractivity contribution in [2.24, 2.45) is 0 Å². The SMILES string of the molecule is CC1CN(c2cc(S(=O)(=O)N(C)C)ccc2N)CCS1. The van der Waals surface area contributed by atoms with Crippen LogP contribution in [0.2, 0.25) is 0 Å². The molecular weight excluding hydrogens is 294 g/mol. The van der Waals surface area contributed by atoms with Crippen LogP contribution in [0.4, 0.5) is 11.4 Å². The molecule has 1 fully saturated rings.